The summed E-state index contributed by atoms with van der Waals surface area (Å²) < 4.78 is 16.8. The van der Waals surface area contributed by atoms with Crippen molar-refractivity contribution in [1.29, 1.82) is 0 Å². The van der Waals surface area contributed by atoms with Crippen LogP contribution in [0.25, 0.3) is 0 Å². The van der Waals surface area contributed by atoms with E-state index in [1.165, 1.54) is 135 Å². The first-order valence-corrected chi connectivity index (χ1v) is 27.3. The molecule has 0 amide bonds. The van der Waals surface area contributed by atoms with Crippen molar-refractivity contribution < 1.29 is 28.6 Å². The maximum absolute atomic E-state index is 12.8. The van der Waals surface area contributed by atoms with Gasteiger partial charge in [-0.25, -0.2) is 0 Å². The molecular formula is C58H102O6. The Morgan fingerprint density at radius 2 is 0.609 bits per heavy atom. The van der Waals surface area contributed by atoms with Crippen LogP contribution in [0.1, 0.15) is 271 Å². The van der Waals surface area contributed by atoms with Crippen LogP contribution in [0.2, 0.25) is 0 Å². The first-order chi connectivity index (χ1) is 31.5. The van der Waals surface area contributed by atoms with Gasteiger partial charge in [0.15, 0.2) is 6.10 Å². The van der Waals surface area contributed by atoms with E-state index in [1.807, 2.05) is 0 Å². The number of esters is 3. The molecule has 0 aromatic rings. The average Bonchev–Trinajstić information content (AvgIpc) is 3.29. The number of carbonyl (C=O) groups excluding carboxylic acids is 3. The largest absolute Gasteiger partial charge is 0.462 e. The summed E-state index contributed by atoms with van der Waals surface area (Å²) in [6.45, 7) is 6.52. The fourth-order valence-electron chi connectivity index (χ4n) is 7.70. The summed E-state index contributed by atoms with van der Waals surface area (Å²) in [7, 11) is 0. The van der Waals surface area contributed by atoms with Gasteiger partial charge in [-0.1, -0.05) is 248 Å². The summed E-state index contributed by atoms with van der Waals surface area (Å²) >= 11 is 0. The molecule has 0 unspecified atom stereocenters. The third kappa shape index (κ3) is 50.1. The Balaban J connectivity index is 4.39. The molecule has 0 radical (unpaired) electrons. The van der Waals surface area contributed by atoms with Crippen molar-refractivity contribution in [3.8, 4) is 0 Å². The van der Waals surface area contributed by atoms with Gasteiger partial charge in [0.05, 0.1) is 0 Å². The molecule has 0 spiro atoms. The Bertz CT molecular complexity index is 1170. The number of carbonyl (C=O) groups is 3. The van der Waals surface area contributed by atoms with Gasteiger partial charge in [0.1, 0.15) is 13.2 Å². The van der Waals surface area contributed by atoms with Gasteiger partial charge in [-0.2, -0.15) is 0 Å². The van der Waals surface area contributed by atoms with Gasteiger partial charge >= 0.3 is 17.9 Å². The first-order valence-electron chi connectivity index (χ1n) is 27.3. The second-order valence-electron chi connectivity index (χ2n) is 18.1. The van der Waals surface area contributed by atoms with E-state index in [0.717, 1.165) is 96.3 Å². The Labute approximate surface area is 396 Å². The zero-order chi connectivity index (χ0) is 46.5. The van der Waals surface area contributed by atoms with E-state index in [-0.39, 0.29) is 31.1 Å². The summed E-state index contributed by atoms with van der Waals surface area (Å²) in [5.41, 5.74) is 0. The van der Waals surface area contributed by atoms with Crippen LogP contribution in [0.4, 0.5) is 0 Å². The maximum Gasteiger partial charge on any atom is 0.306 e. The van der Waals surface area contributed by atoms with Crippen molar-refractivity contribution in [2.45, 2.75) is 277 Å². The summed E-state index contributed by atoms with van der Waals surface area (Å²) in [5, 5.41) is 0. The molecule has 0 saturated heterocycles. The molecule has 370 valence electrons. The minimum atomic E-state index is -0.783. The van der Waals surface area contributed by atoms with E-state index in [2.05, 4.69) is 81.5 Å². The molecule has 64 heavy (non-hydrogen) atoms. The topological polar surface area (TPSA) is 78.9 Å². The predicted molar refractivity (Wildman–Crippen MR) is 275 cm³/mol. The quantitative estimate of drug-likeness (QED) is 0.0262. The Hall–Kier alpha value is -2.89. The van der Waals surface area contributed by atoms with Crippen molar-refractivity contribution in [3.63, 3.8) is 0 Å². The van der Waals surface area contributed by atoms with Crippen molar-refractivity contribution in [3.05, 3.63) is 60.8 Å². The van der Waals surface area contributed by atoms with Gasteiger partial charge in [-0.05, 0) is 64.2 Å². The van der Waals surface area contributed by atoms with Crippen LogP contribution in [0.15, 0.2) is 60.8 Å². The molecule has 1 atom stereocenters. The Morgan fingerprint density at radius 1 is 0.328 bits per heavy atom. The van der Waals surface area contributed by atoms with Crippen LogP contribution in [-0.2, 0) is 28.6 Å². The van der Waals surface area contributed by atoms with Crippen molar-refractivity contribution in [2.24, 2.45) is 0 Å². The minimum absolute atomic E-state index is 0.0811. The lowest BCUT2D eigenvalue weighted by atomic mass is 10.0. The number of allylic oxidation sites excluding steroid dienone is 10. The van der Waals surface area contributed by atoms with Crippen LogP contribution >= 0.6 is 0 Å². The fourth-order valence-corrected chi connectivity index (χ4v) is 7.70. The van der Waals surface area contributed by atoms with Gasteiger partial charge in [0, 0.05) is 19.3 Å². The van der Waals surface area contributed by atoms with E-state index in [4.69, 9.17) is 14.2 Å². The lowest BCUT2D eigenvalue weighted by Crippen LogP contribution is -2.30. The monoisotopic (exact) mass is 895 g/mol. The average molecular weight is 895 g/mol. The number of rotatable bonds is 49. The summed E-state index contributed by atoms with van der Waals surface area (Å²) in [6.07, 6.45) is 64.9. The molecule has 0 bridgehead atoms. The second kappa shape index (κ2) is 52.7. The standard InChI is InChI=1S/C58H102O6/c1-4-7-10-13-16-19-22-25-27-28-29-30-32-34-37-39-42-45-48-51-57(60)63-54-55(64-58(61)52-49-46-43-40-35-24-21-18-15-12-9-6-3)53-62-56(59)50-47-44-41-38-36-33-31-26-23-20-17-14-11-8-5-2/h7,10,16,19,25,27,29-30,34,37,55H,4-6,8-9,11-15,17-18,20-24,26,28,31-33,35-36,38-54H2,1-3H3/b10-7-,19-16-,27-25-,30-29-,37-34-/t55-/m0/s1. The highest BCUT2D eigenvalue weighted by atomic mass is 16.6. The molecule has 0 saturated carbocycles. The van der Waals surface area contributed by atoms with Crippen LogP contribution in [0.3, 0.4) is 0 Å². The Morgan fingerprint density at radius 3 is 0.953 bits per heavy atom. The van der Waals surface area contributed by atoms with Crippen molar-refractivity contribution >= 4 is 17.9 Å². The van der Waals surface area contributed by atoms with E-state index >= 15 is 0 Å². The zero-order valence-electron chi connectivity index (χ0n) is 42.3. The number of ether oxygens (including phenoxy) is 3. The summed E-state index contributed by atoms with van der Waals surface area (Å²) in [4.78, 5) is 38.0. The zero-order valence-corrected chi connectivity index (χ0v) is 42.3. The lowest BCUT2D eigenvalue weighted by Gasteiger charge is -2.18. The molecule has 0 aromatic carbocycles. The molecule has 0 rings (SSSR count). The highest BCUT2D eigenvalue weighted by molar-refractivity contribution is 5.71. The molecule has 0 fully saturated rings. The van der Waals surface area contributed by atoms with Gasteiger partial charge in [0.2, 0.25) is 0 Å². The molecule has 0 aromatic heterocycles. The van der Waals surface area contributed by atoms with E-state index in [1.54, 1.807) is 0 Å². The van der Waals surface area contributed by atoms with Crippen molar-refractivity contribution in [1.82, 2.24) is 0 Å². The van der Waals surface area contributed by atoms with Gasteiger partial charge in [-0.3, -0.25) is 14.4 Å². The summed E-state index contributed by atoms with van der Waals surface area (Å²) in [5.74, 6) is -0.904. The highest BCUT2D eigenvalue weighted by Gasteiger charge is 2.19. The van der Waals surface area contributed by atoms with E-state index < -0.39 is 6.10 Å². The lowest BCUT2D eigenvalue weighted by molar-refractivity contribution is -0.167. The van der Waals surface area contributed by atoms with Crippen LogP contribution in [0, 0.1) is 0 Å². The second-order valence-corrected chi connectivity index (χ2v) is 18.1. The molecule has 0 aliphatic carbocycles. The van der Waals surface area contributed by atoms with E-state index in [9.17, 15) is 14.4 Å². The summed E-state index contributed by atoms with van der Waals surface area (Å²) in [6, 6.07) is 0. The molecule has 0 N–H and O–H groups in total. The molecule has 0 aliphatic rings. The van der Waals surface area contributed by atoms with Crippen LogP contribution < -0.4 is 0 Å². The van der Waals surface area contributed by atoms with Crippen LogP contribution in [0.5, 0.6) is 0 Å². The molecular weight excluding hydrogens is 793 g/mol. The minimum Gasteiger partial charge on any atom is -0.462 e. The fraction of sp³-hybridized carbons (Fsp3) is 0.776. The molecule has 6 heteroatoms. The third-order valence-electron chi connectivity index (χ3n) is 11.8. The predicted octanol–water partition coefficient (Wildman–Crippen LogP) is 18.0. The SMILES string of the molecule is CC/C=C\C/C=C\C/C=C\C/C=C\C/C=C\CCCCCC(=O)OC[C@H](COC(=O)CCCCCCCCCCCCCCCCC)OC(=O)CCCCCCCCCCCCCC. The molecule has 0 aliphatic heterocycles. The third-order valence-corrected chi connectivity index (χ3v) is 11.8. The smallest absolute Gasteiger partial charge is 0.306 e. The normalized spacial score (nSPS) is 12.5. The maximum atomic E-state index is 12.8. The van der Waals surface area contributed by atoms with E-state index in [0.29, 0.717) is 19.3 Å². The van der Waals surface area contributed by atoms with Crippen molar-refractivity contribution in [2.75, 3.05) is 13.2 Å². The first kappa shape index (κ1) is 61.1. The van der Waals surface area contributed by atoms with Gasteiger partial charge < -0.3 is 14.2 Å². The van der Waals surface area contributed by atoms with Gasteiger partial charge in [-0.15, -0.1) is 0 Å². The van der Waals surface area contributed by atoms with Crippen LogP contribution in [-0.4, -0.2) is 37.2 Å². The Kier molecular flexibility index (Phi) is 50.4. The number of hydrogen-bond donors (Lipinski definition) is 0. The molecule has 0 heterocycles. The highest BCUT2D eigenvalue weighted by Crippen LogP contribution is 2.16. The number of unbranched alkanes of at least 4 members (excludes halogenated alkanes) is 28. The number of hydrogen-bond acceptors (Lipinski definition) is 6. The van der Waals surface area contributed by atoms with Gasteiger partial charge in [0.25, 0.3) is 0 Å². The molecule has 6 nitrogen and oxygen atoms in total.